The lowest BCUT2D eigenvalue weighted by atomic mass is 10.3. The Hall–Kier alpha value is -0.640. The van der Waals surface area contributed by atoms with Crippen LogP contribution in [0.5, 0.6) is 5.19 Å². The molecular weight excluding hydrogens is 172 g/mol. The van der Waals surface area contributed by atoms with Crippen molar-refractivity contribution in [2.75, 3.05) is 0 Å². The molecule has 0 aliphatic heterocycles. The molecule has 0 amide bonds. The maximum Gasteiger partial charge on any atom is 0.293 e. The Kier molecular flexibility index (Phi) is 2.26. The molecule has 1 aliphatic carbocycles. The molecule has 1 aromatic heterocycles. The van der Waals surface area contributed by atoms with E-state index in [0.717, 1.165) is 11.0 Å². The fourth-order valence-corrected chi connectivity index (χ4v) is 2.08. The minimum atomic E-state index is 0.400. The zero-order chi connectivity index (χ0) is 8.39. The Labute approximate surface area is 75.9 Å². The third-order valence-electron chi connectivity index (χ3n) is 2.08. The summed E-state index contributed by atoms with van der Waals surface area (Å²) in [7, 11) is 0. The summed E-state index contributed by atoms with van der Waals surface area (Å²) in [6.07, 6.45) is 5.35. The number of aryl methyl sites for hydroxylation is 1. The first-order chi connectivity index (χ1) is 5.84. The average Bonchev–Trinajstić information content (AvgIpc) is 2.63. The van der Waals surface area contributed by atoms with Crippen LogP contribution in [0.15, 0.2) is 0 Å². The van der Waals surface area contributed by atoms with E-state index in [9.17, 15) is 0 Å². The molecule has 4 heteroatoms. The molecule has 2 rings (SSSR count). The molecule has 1 heterocycles. The number of ether oxygens (including phenoxy) is 1. The highest BCUT2D eigenvalue weighted by Crippen LogP contribution is 2.24. The van der Waals surface area contributed by atoms with Crippen molar-refractivity contribution in [2.24, 2.45) is 0 Å². The topological polar surface area (TPSA) is 35.0 Å². The monoisotopic (exact) mass is 184 g/mol. The average molecular weight is 184 g/mol. The maximum atomic E-state index is 5.64. The van der Waals surface area contributed by atoms with Crippen molar-refractivity contribution in [3.63, 3.8) is 0 Å². The van der Waals surface area contributed by atoms with Crippen LogP contribution in [0.3, 0.4) is 0 Å². The van der Waals surface area contributed by atoms with Gasteiger partial charge < -0.3 is 4.74 Å². The normalized spacial score (nSPS) is 18.4. The van der Waals surface area contributed by atoms with Crippen LogP contribution in [-0.2, 0) is 0 Å². The number of aromatic nitrogens is 2. The van der Waals surface area contributed by atoms with Gasteiger partial charge >= 0.3 is 0 Å². The van der Waals surface area contributed by atoms with Crippen molar-refractivity contribution < 1.29 is 4.74 Å². The van der Waals surface area contributed by atoms with Gasteiger partial charge in [0.15, 0.2) is 0 Å². The highest BCUT2D eigenvalue weighted by molar-refractivity contribution is 7.07. The molecule has 0 aromatic carbocycles. The fourth-order valence-electron chi connectivity index (χ4n) is 1.47. The van der Waals surface area contributed by atoms with Gasteiger partial charge in [0.1, 0.15) is 11.9 Å². The summed E-state index contributed by atoms with van der Waals surface area (Å²) in [5.74, 6) is 0.813. The van der Waals surface area contributed by atoms with Gasteiger partial charge in [0, 0.05) is 11.5 Å². The molecule has 1 fully saturated rings. The SMILES string of the molecule is Cc1nsc(OC2CCCC2)n1. The van der Waals surface area contributed by atoms with E-state index in [-0.39, 0.29) is 0 Å². The Morgan fingerprint density at radius 3 is 2.75 bits per heavy atom. The van der Waals surface area contributed by atoms with E-state index < -0.39 is 0 Å². The van der Waals surface area contributed by atoms with E-state index in [0.29, 0.717) is 6.10 Å². The zero-order valence-corrected chi connectivity index (χ0v) is 7.93. The predicted octanol–water partition coefficient (Wildman–Crippen LogP) is 2.17. The summed E-state index contributed by atoms with van der Waals surface area (Å²) in [5, 5.41) is 0.736. The van der Waals surface area contributed by atoms with Crippen LogP contribution >= 0.6 is 11.5 Å². The standard InChI is InChI=1S/C8H12N2OS/c1-6-9-8(12-10-6)11-7-4-2-3-5-7/h7H,2-5H2,1H3. The first-order valence-corrected chi connectivity index (χ1v) is 5.09. The molecule has 1 aliphatic rings. The number of hydrogen-bond donors (Lipinski definition) is 0. The summed E-state index contributed by atoms with van der Waals surface area (Å²) in [6.45, 7) is 1.89. The van der Waals surface area contributed by atoms with Crippen molar-refractivity contribution in [3.05, 3.63) is 5.82 Å². The van der Waals surface area contributed by atoms with E-state index >= 15 is 0 Å². The number of hydrogen-bond acceptors (Lipinski definition) is 4. The highest BCUT2D eigenvalue weighted by atomic mass is 32.1. The molecule has 66 valence electrons. The lowest BCUT2D eigenvalue weighted by molar-refractivity contribution is 0.209. The van der Waals surface area contributed by atoms with E-state index in [1.165, 1.54) is 37.2 Å². The molecule has 0 atom stereocenters. The number of rotatable bonds is 2. The minimum Gasteiger partial charge on any atom is -0.466 e. The van der Waals surface area contributed by atoms with Crippen LogP contribution in [0.1, 0.15) is 31.5 Å². The second-order valence-electron chi connectivity index (χ2n) is 3.13. The Morgan fingerprint density at radius 2 is 2.17 bits per heavy atom. The molecular formula is C8H12N2OS. The van der Waals surface area contributed by atoms with Crippen LogP contribution < -0.4 is 4.74 Å². The second-order valence-corrected chi connectivity index (χ2v) is 3.85. The van der Waals surface area contributed by atoms with Gasteiger partial charge in [-0.3, -0.25) is 0 Å². The van der Waals surface area contributed by atoms with Gasteiger partial charge in [0.25, 0.3) is 5.19 Å². The van der Waals surface area contributed by atoms with E-state index in [1.807, 2.05) is 6.92 Å². The molecule has 0 bridgehead atoms. The van der Waals surface area contributed by atoms with Gasteiger partial charge in [0.05, 0.1) is 0 Å². The van der Waals surface area contributed by atoms with Crippen LogP contribution in [0.4, 0.5) is 0 Å². The van der Waals surface area contributed by atoms with E-state index in [2.05, 4.69) is 9.36 Å². The summed E-state index contributed by atoms with van der Waals surface area (Å²) in [6, 6.07) is 0. The van der Waals surface area contributed by atoms with Gasteiger partial charge in [-0.25, -0.2) is 0 Å². The van der Waals surface area contributed by atoms with Crippen molar-refractivity contribution >= 4 is 11.5 Å². The molecule has 3 nitrogen and oxygen atoms in total. The van der Waals surface area contributed by atoms with Gasteiger partial charge in [-0.1, -0.05) is 0 Å². The Balaban J connectivity index is 1.94. The van der Waals surface area contributed by atoms with Crippen molar-refractivity contribution in [3.8, 4) is 5.19 Å². The highest BCUT2D eigenvalue weighted by Gasteiger charge is 2.17. The molecule has 0 saturated heterocycles. The molecule has 0 N–H and O–H groups in total. The molecule has 12 heavy (non-hydrogen) atoms. The largest absolute Gasteiger partial charge is 0.466 e. The Morgan fingerprint density at radius 1 is 1.42 bits per heavy atom. The van der Waals surface area contributed by atoms with Gasteiger partial charge in [0.2, 0.25) is 0 Å². The van der Waals surface area contributed by atoms with E-state index in [1.54, 1.807) is 0 Å². The van der Waals surface area contributed by atoms with Crippen LogP contribution in [0, 0.1) is 6.92 Å². The summed E-state index contributed by atoms with van der Waals surface area (Å²) < 4.78 is 9.71. The molecule has 0 spiro atoms. The summed E-state index contributed by atoms with van der Waals surface area (Å²) in [5.41, 5.74) is 0. The predicted molar refractivity (Wildman–Crippen MR) is 47.5 cm³/mol. The first kappa shape index (κ1) is 7.98. The summed E-state index contributed by atoms with van der Waals surface area (Å²) >= 11 is 1.35. The number of nitrogens with zero attached hydrogens (tertiary/aromatic N) is 2. The minimum absolute atomic E-state index is 0.400. The quantitative estimate of drug-likeness (QED) is 0.706. The van der Waals surface area contributed by atoms with Crippen molar-refractivity contribution in [1.29, 1.82) is 0 Å². The second kappa shape index (κ2) is 3.39. The molecule has 0 radical (unpaired) electrons. The molecule has 1 saturated carbocycles. The van der Waals surface area contributed by atoms with Crippen molar-refractivity contribution in [2.45, 2.75) is 38.7 Å². The first-order valence-electron chi connectivity index (χ1n) is 4.31. The van der Waals surface area contributed by atoms with Crippen LogP contribution in [-0.4, -0.2) is 15.5 Å². The smallest absolute Gasteiger partial charge is 0.293 e. The van der Waals surface area contributed by atoms with Crippen molar-refractivity contribution in [1.82, 2.24) is 9.36 Å². The third-order valence-corrected chi connectivity index (χ3v) is 2.78. The molecule has 1 aromatic rings. The van der Waals surface area contributed by atoms with Crippen LogP contribution in [0.2, 0.25) is 0 Å². The van der Waals surface area contributed by atoms with Gasteiger partial charge in [-0.2, -0.15) is 9.36 Å². The van der Waals surface area contributed by atoms with Gasteiger partial charge in [-0.05, 0) is 32.6 Å². The third kappa shape index (κ3) is 1.75. The Bertz CT molecular complexity index is 255. The van der Waals surface area contributed by atoms with E-state index in [4.69, 9.17) is 4.74 Å². The van der Waals surface area contributed by atoms with Crippen LogP contribution in [0.25, 0.3) is 0 Å². The zero-order valence-electron chi connectivity index (χ0n) is 7.12. The fraction of sp³-hybridized carbons (Fsp3) is 0.750. The van der Waals surface area contributed by atoms with Gasteiger partial charge in [-0.15, -0.1) is 0 Å². The summed E-state index contributed by atoms with van der Waals surface area (Å²) in [4.78, 5) is 4.16. The lowest BCUT2D eigenvalue weighted by Crippen LogP contribution is -2.10. The molecule has 0 unspecified atom stereocenters. The maximum absolute atomic E-state index is 5.64. The lowest BCUT2D eigenvalue weighted by Gasteiger charge is -2.07.